The van der Waals surface area contributed by atoms with Crippen LogP contribution in [0.1, 0.15) is 11.9 Å². The maximum atomic E-state index is 5.36. The van der Waals surface area contributed by atoms with E-state index in [2.05, 4.69) is 36.4 Å². The Morgan fingerprint density at radius 1 is 1.39 bits per heavy atom. The first-order chi connectivity index (χ1) is 8.83. The maximum absolute atomic E-state index is 5.36. The standard InChI is InChI=1S/C11H11BrN4O2/c12-7-1-2-8(14-5-7)10-15-11(18-16-10)9-6-17-4-3-13-9/h1-2,5,9,13H,3-4,6H2. The minimum Gasteiger partial charge on any atom is -0.378 e. The van der Waals surface area contributed by atoms with Crippen LogP contribution in [0.15, 0.2) is 27.3 Å². The Balaban J connectivity index is 1.82. The number of nitrogens with zero attached hydrogens (tertiary/aromatic N) is 3. The molecule has 1 N–H and O–H groups in total. The molecule has 0 aliphatic carbocycles. The summed E-state index contributed by atoms with van der Waals surface area (Å²) in [4.78, 5) is 8.56. The van der Waals surface area contributed by atoms with Crippen LogP contribution >= 0.6 is 15.9 Å². The number of hydrogen-bond donors (Lipinski definition) is 1. The van der Waals surface area contributed by atoms with Gasteiger partial charge in [-0.2, -0.15) is 4.98 Å². The third-order valence-corrected chi connectivity index (χ3v) is 3.09. The molecule has 1 saturated heterocycles. The van der Waals surface area contributed by atoms with Gasteiger partial charge in [0.25, 0.3) is 0 Å². The van der Waals surface area contributed by atoms with Crippen LogP contribution in [-0.2, 0) is 4.74 Å². The molecular weight excluding hydrogens is 300 g/mol. The smallest absolute Gasteiger partial charge is 0.246 e. The van der Waals surface area contributed by atoms with Gasteiger partial charge >= 0.3 is 0 Å². The SMILES string of the molecule is Brc1ccc(-c2noc(C3COCCN3)n2)nc1. The van der Waals surface area contributed by atoms with Gasteiger partial charge in [-0.3, -0.25) is 4.98 Å². The lowest BCUT2D eigenvalue weighted by Gasteiger charge is -2.20. The predicted octanol–water partition coefficient (Wildman–Crippen LogP) is 1.55. The fraction of sp³-hybridized carbons (Fsp3) is 0.364. The lowest BCUT2D eigenvalue weighted by molar-refractivity contribution is 0.0659. The molecular formula is C11H11BrN4O2. The van der Waals surface area contributed by atoms with Crippen molar-refractivity contribution in [3.63, 3.8) is 0 Å². The summed E-state index contributed by atoms with van der Waals surface area (Å²) in [7, 11) is 0. The summed E-state index contributed by atoms with van der Waals surface area (Å²) < 4.78 is 11.5. The molecule has 7 heteroatoms. The van der Waals surface area contributed by atoms with Gasteiger partial charge in [0.15, 0.2) is 0 Å². The van der Waals surface area contributed by atoms with Crippen molar-refractivity contribution in [2.45, 2.75) is 6.04 Å². The van der Waals surface area contributed by atoms with Gasteiger partial charge in [0.2, 0.25) is 11.7 Å². The van der Waals surface area contributed by atoms with Crippen LogP contribution in [0.2, 0.25) is 0 Å². The molecule has 0 bridgehead atoms. The van der Waals surface area contributed by atoms with E-state index in [0.29, 0.717) is 30.6 Å². The van der Waals surface area contributed by atoms with Crippen LogP contribution in [0.25, 0.3) is 11.5 Å². The van der Waals surface area contributed by atoms with Gasteiger partial charge < -0.3 is 14.6 Å². The highest BCUT2D eigenvalue weighted by atomic mass is 79.9. The van der Waals surface area contributed by atoms with E-state index in [-0.39, 0.29) is 6.04 Å². The quantitative estimate of drug-likeness (QED) is 0.907. The second-order valence-corrected chi connectivity index (χ2v) is 4.82. The van der Waals surface area contributed by atoms with Crippen molar-refractivity contribution in [1.82, 2.24) is 20.4 Å². The van der Waals surface area contributed by atoms with E-state index >= 15 is 0 Å². The maximum Gasteiger partial charge on any atom is 0.246 e. The Morgan fingerprint density at radius 3 is 3.06 bits per heavy atom. The zero-order valence-electron chi connectivity index (χ0n) is 9.47. The van der Waals surface area contributed by atoms with E-state index < -0.39 is 0 Å². The highest BCUT2D eigenvalue weighted by Gasteiger charge is 2.22. The van der Waals surface area contributed by atoms with E-state index in [1.807, 2.05) is 12.1 Å². The average Bonchev–Trinajstić information content (AvgIpc) is 2.90. The van der Waals surface area contributed by atoms with Crippen LogP contribution in [0.4, 0.5) is 0 Å². The summed E-state index contributed by atoms with van der Waals surface area (Å²) in [5.41, 5.74) is 0.685. The van der Waals surface area contributed by atoms with Gasteiger partial charge in [-0.05, 0) is 28.1 Å². The molecule has 18 heavy (non-hydrogen) atoms. The number of morpholine rings is 1. The summed E-state index contributed by atoms with van der Waals surface area (Å²) in [5.74, 6) is 1.03. The largest absolute Gasteiger partial charge is 0.378 e. The summed E-state index contributed by atoms with van der Waals surface area (Å²) in [6.07, 6.45) is 1.70. The van der Waals surface area contributed by atoms with Gasteiger partial charge in [0, 0.05) is 17.2 Å². The number of rotatable bonds is 2. The van der Waals surface area contributed by atoms with Gasteiger partial charge in [0.1, 0.15) is 11.7 Å². The van der Waals surface area contributed by atoms with Crippen LogP contribution in [0.5, 0.6) is 0 Å². The minimum atomic E-state index is -0.0320. The fourth-order valence-electron chi connectivity index (χ4n) is 1.71. The predicted molar refractivity (Wildman–Crippen MR) is 66.8 cm³/mol. The molecule has 1 fully saturated rings. The highest BCUT2D eigenvalue weighted by molar-refractivity contribution is 9.10. The minimum absolute atomic E-state index is 0.0320. The Hall–Kier alpha value is -1.31. The Labute approximate surface area is 112 Å². The highest BCUT2D eigenvalue weighted by Crippen LogP contribution is 2.19. The molecule has 0 aromatic carbocycles. The van der Waals surface area contributed by atoms with Gasteiger partial charge in [-0.25, -0.2) is 0 Å². The molecule has 0 saturated carbocycles. The zero-order valence-corrected chi connectivity index (χ0v) is 11.1. The molecule has 1 atom stereocenters. The number of halogens is 1. The van der Waals surface area contributed by atoms with Crippen molar-refractivity contribution >= 4 is 15.9 Å². The van der Waals surface area contributed by atoms with E-state index in [4.69, 9.17) is 9.26 Å². The Kier molecular flexibility index (Phi) is 3.35. The molecule has 2 aromatic rings. The van der Waals surface area contributed by atoms with Crippen molar-refractivity contribution in [3.05, 3.63) is 28.7 Å². The first-order valence-electron chi connectivity index (χ1n) is 5.59. The lowest BCUT2D eigenvalue weighted by Crippen LogP contribution is -2.34. The second kappa shape index (κ2) is 5.13. The number of pyridine rings is 1. The van der Waals surface area contributed by atoms with Crippen molar-refractivity contribution in [2.24, 2.45) is 0 Å². The third-order valence-electron chi connectivity index (χ3n) is 2.62. The molecule has 3 rings (SSSR count). The van der Waals surface area contributed by atoms with E-state index in [0.717, 1.165) is 11.0 Å². The van der Waals surface area contributed by atoms with Crippen molar-refractivity contribution in [3.8, 4) is 11.5 Å². The molecule has 2 aromatic heterocycles. The molecule has 1 unspecified atom stereocenters. The summed E-state index contributed by atoms with van der Waals surface area (Å²) >= 11 is 3.33. The summed E-state index contributed by atoms with van der Waals surface area (Å²) in [5, 5.41) is 7.19. The summed E-state index contributed by atoms with van der Waals surface area (Å²) in [6, 6.07) is 3.69. The average molecular weight is 311 g/mol. The Bertz CT molecular complexity index is 522. The number of aromatic nitrogens is 3. The van der Waals surface area contributed by atoms with E-state index in [1.165, 1.54) is 0 Å². The van der Waals surface area contributed by atoms with Crippen LogP contribution in [0, 0.1) is 0 Å². The van der Waals surface area contributed by atoms with Crippen molar-refractivity contribution < 1.29 is 9.26 Å². The van der Waals surface area contributed by atoms with Crippen LogP contribution in [0.3, 0.4) is 0 Å². The molecule has 3 heterocycles. The van der Waals surface area contributed by atoms with E-state index in [1.54, 1.807) is 6.20 Å². The molecule has 1 aliphatic rings. The first-order valence-corrected chi connectivity index (χ1v) is 6.39. The topological polar surface area (TPSA) is 73.1 Å². The number of nitrogens with one attached hydrogen (secondary N) is 1. The second-order valence-electron chi connectivity index (χ2n) is 3.90. The monoisotopic (exact) mass is 310 g/mol. The number of ether oxygens (including phenoxy) is 1. The molecule has 1 aliphatic heterocycles. The molecule has 0 spiro atoms. The fourth-order valence-corrected chi connectivity index (χ4v) is 1.95. The molecule has 0 amide bonds. The molecule has 6 nitrogen and oxygen atoms in total. The van der Waals surface area contributed by atoms with E-state index in [9.17, 15) is 0 Å². The molecule has 0 radical (unpaired) electrons. The van der Waals surface area contributed by atoms with Gasteiger partial charge in [-0.15, -0.1) is 0 Å². The first kappa shape index (κ1) is 11.8. The lowest BCUT2D eigenvalue weighted by atomic mass is 10.3. The van der Waals surface area contributed by atoms with Crippen molar-refractivity contribution in [2.75, 3.05) is 19.8 Å². The van der Waals surface area contributed by atoms with Crippen molar-refractivity contribution in [1.29, 1.82) is 0 Å². The van der Waals surface area contributed by atoms with Crippen LogP contribution < -0.4 is 5.32 Å². The van der Waals surface area contributed by atoms with Gasteiger partial charge in [0.05, 0.1) is 13.2 Å². The Morgan fingerprint density at radius 2 is 2.33 bits per heavy atom. The third kappa shape index (κ3) is 2.43. The zero-order chi connectivity index (χ0) is 12.4. The normalized spacial score (nSPS) is 19.9. The number of hydrogen-bond acceptors (Lipinski definition) is 6. The summed E-state index contributed by atoms with van der Waals surface area (Å²) in [6.45, 7) is 2.06. The van der Waals surface area contributed by atoms with Crippen LogP contribution in [-0.4, -0.2) is 34.9 Å². The molecule has 94 valence electrons. The van der Waals surface area contributed by atoms with Gasteiger partial charge in [-0.1, -0.05) is 5.16 Å².